The number of carbonyl (C=O) groups is 1. The second-order valence-electron chi connectivity index (χ2n) is 14.1. The molecule has 39 heavy (non-hydrogen) atoms. The van der Waals surface area contributed by atoms with Crippen molar-refractivity contribution in [1.82, 2.24) is 9.97 Å². The van der Waals surface area contributed by atoms with E-state index in [1.54, 1.807) is 6.20 Å². The van der Waals surface area contributed by atoms with Gasteiger partial charge < -0.3 is 24.3 Å². The summed E-state index contributed by atoms with van der Waals surface area (Å²) in [5.41, 5.74) is 2.76. The average molecular weight is 535 g/mol. The van der Waals surface area contributed by atoms with Crippen molar-refractivity contribution in [2.45, 2.75) is 122 Å². The number of allylic oxidation sites excluding steroid dienone is 2. The van der Waals surface area contributed by atoms with E-state index in [-0.39, 0.29) is 29.8 Å². The van der Waals surface area contributed by atoms with E-state index >= 15 is 0 Å². The monoisotopic (exact) mass is 534 g/mol. The summed E-state index contributed by atoms with van der Waals surface area (Å²) < 4.78 is 19.2. The zero-order valence-electron chi connectivity index (χ0n) is 24.3. The van der Waals surface area contributed by atoms with E-state index < -0.39 is 22.6 Å². The molecule has 7 heteroatoms. The van der Waals surface area contributed by atoms with Gasteiger partial charge in [-0.25, -0.2) is 4.98 Å². The third kappa shape index (κ3) is 4.61. The number of H-pyrrole nitrogens is 1. The number of aryl methyl sites for hydroxylation is 1. The van der Waals surface area contributed by atoms with Gasteiger partial charge in [-0.3, -0.25) is 4.79 Å². The predicted octanol–water partition coefficient (Wildman–Crippen LogP) is 5.79. The number of nitrogens with zero attached hydrogens (tertiary/aromatic N) is 1. The van der Waals surface area contributed by atoms with Crippen molar-refractivity contribution in [1.29, 1.82) is 0 Å². The van der Waals surface area contributed by atoms with Crippen LogP contribution in [0.5, 0.6) is 0 Å². The van der Waals surface area contributed by atoms with E-state index in [0.717, 1.165) is 41.6 Å². The lowest BCUT2D eigenvalue weighted by molar-refractivity contribution is -0.270. The number of ether oxygens (including phenoxy) is 3. The molecule has 6 rings (SSSR count). The molecule has 1 aromatic heterocycles. The highest BCUT2D eigenvalue weighted by molar-refractivity contribution is 5.95. The molecular weight excluding hydrogens is 492 g/mol. The molecular formula is C32H42N2O5. The Morgan fingerprint density at radius 2 is 1.74 bits per heavy atom. The lowest BCUT2D eigenvalue weighted by Crippen LogP contribution is -2.53. The summed E-state index contributed by atoms with van der Waals surface area (Å²) in [5, 5.41) is 12.3. The van der Waals surface area contributed by atoms with Gasteiger partial charge in [-0.1, -0.05) is 32.1 Å². The number of hydrogen-bond donors (Lipinski definition) is 2. The molecule has 4 aliphatic rings. The fourth-order valence-corrected chi connectivity index (χ4v) is 7.45. The van der Waals surface area contributed by atoms with Crippen molar-refractivity contribution in [3.05, 3.63) is 58.7 Å². The number of aromatic nitrogens is 2. The minimum absolute atomic E-state index is 0.0404. The van der Waals surface area contributed by atoms with Crippen LogP contribution < -0.4 is 0 Å². The van der Waals surface area contributed by atoms with Crippen LogP contribution in [0.25, 0.3) is 5.57 Å². The summed E-state index contributed by atoms with van der Waals surface area (Å²) in [6, 6.07) is 6.14. The van der Waals surface area contributed by atoms with Crippen molar-refractivity contribution in [2.24, 2.45) is 5.41 Å². The number of nitrogens with one attached hydrogen (secondary N) is 1. The first-order valence-corrected chi connectivity index (χ1v) is 14.3. The SMILES string of the molecule is Cc1cnc(C(=O)Cc2ccc(C3(O)C[C@@]4(C)O[C@@](C)(C3)[C@@H]3OC(C)(C)O[C@@H]34)cc2C2=CCC(C)(C)CC2)[nH]1. The Morgan fingerprint density at radius 1 is 1.08 bits per heavy atom. The van der Waals surface area contributed by atoms with Crippen LogP contribution >= 0.6 is 0 Å². The number of imidazole rings is 1. The van der Waals surface area contributed by atoms with Crippen LogP contribution in [-0.4, -0.2) is 50.1 Å². The van der Waals surface area contributed by atoms with Gasteiger partial charge in [0.25, 0.3) is 0 Å². The molecule has 2 bridgehead atoms. The number of ketones is 1. The summed E-state index contributed by atoms with van der Waals surface area (Å²) in [7, 11) is 0. The summed E-state index contributed by atoms with van der Waals surface area (Å²) in [6.07, 6.45) is 7.58. The normalized spacial score (nSPS) is 36.5. The molecule has 7 nitrogen and oxygen atoms in total. The first-order chi connectivity index (χ1) is 18.1. The third-order valence-electron chi connectivity index (χ3n) is 9.34. The van der Waals surface area contributed by atoms with Gasteiger partial charge in [-0.2, -0.15) is 0 Å². The number of carbonyl (C=O) groups excluding carboxylic acids is 1. The second kappa shape index (κ2) is 8.59. The quantitative estimate of drug-likeness (QED) is 0.472. The van der Waals surface area contributed by atoms with Gasteiger partial charge in [0.1, 0.15) is 12.2 Å². The number of aromatic amines is 1. The first kappa shape index (κ1) is 26.9. The first-order valence-electron chi connectivity index (χ1n) is 14.3. The number of rotatable bonds is 5. The Labute approximate surface area is 231 Å². The molecule has 1 unspecified atom stereocenters. The fourth-order valence-electron chi connectivity index (χ4n) is 7.45. The van der Waals surface area contributed by atoms with Gasteiger partial charge in [0, 0.05) is 31.2 Å². The number of aliphatic hydroxyl groups is 1. The van der Waals surface area contributed by atoms with E-state index in [1.165, 1.54) is 5.57 Å². The van der Waals surface area contributed by atoms with Crippen molar-refractivity contribution < 1.29 is 24.1 Å². The van der Waals surface area contributed by atoms with Crippen LogP contribution in [0.3, 0.4) is 0 Å². The molecule has 3 saturated heterocycles. The van der Waals surface area contributed by atoms with Crippen LogP contribution in [0.15, 0.2) is 30.5 Å². The van der Waals surface area contributed by atoms with Gasteiger partial charge in [0.2, 0.25) is 5.78 Å². The second-order valence-corrected chi connectivity index (χ2v) is 14.1. The maximum Gasteiger partial charge on any atom is 0.202 e. The number of Topliss-reactive ketones (excluding diaryl/α,β-unsaturated/α-hetero) is 1. The van der Waals surface area contributed by atoms with E-state index in [9.17, 15) is 9.90 Å². The number of benzene rings is 1. The van der Waals surface area contributed by atoms with Crippen molar-refractivity contribution in [3.8, 4) is 0 Å². The Morgan fingerprint density at radius 3 is 2.31 bits per heavy atom. The van der Waals surface area contributed by atoms with Crippen molar-refractivity contribution in [2.75, 3.05) is 0 Å². The van der Waals surface area contributed by atoms with Crippen LogP contribution in [0.4, 0.5) is 0 Å². The van der Waals surface area contributed by atoms with Gasteiger partial charge in [-0.05, 0) is 87.6 Å². The Kier molecular flexibility index (Phi) is 5.92. The van der Waals surface area contributed by atoms with Gasteiger partial charge in [0.15, 0.2) is 11.6 Å². The Balaban J connectivity index is 1.37. The lowest BCUT2D eigenvalue weighted by Gasteiger charge is -2.48. The van der Waals surface area contributed by atoms with Crippen LogP contribution in [-0.2, 0) is 26.2 Å². The molecule has 1 aliphatic carbocycles. The topological polar surface area (TPSA) is 93.7 Å². The molecule has 0 radical (unpaired) electrons. The molecule has 1 aromatic carbocycles. The van der Waals surface area contributed by atoms with Gasteiger partial charge in [-0.15, -0.1) is 0 Å². The van der Waals surface area contributed by atoms with Gasteiger partial charge >= 0.3 is 0 Å². The third-order valence-corrected chi connectivity index (χ3v) is 9.34. The standard InChI is InChI=1S/C32H42N2O5/c1-19-16-33-27(34-19)24(35)14-21-8-9-22(15-23(21)20-10-12-28(2,3)13-11-20)32(36)17-30(6)25-26(31(7,18-32)39-30)38-29(4,5)37-25/h8-10,15-16,25-26,36H,11-14,17-18H2,1-7H3,(H,33,34)/t25-,26+,30+,31-,32?. The van der Waals surface area contributed by atoms with Crippen LogP contribution in [0.2, 0.25) is 0 Å². The zero-order chi connectivity index (χ0) is 28.0. The molecule has 210 valence electrons. The molecule has 0 saturated carbocycles. The molecule has 2 N–H and O–H groups in total. The van der Waals surface area contributed by atoms with E-state index in [1.807, 2.05) is 46.8 Å². The highest BCUT2D eigenvalue weighted by Gasteiger charge is 2.71. The highest BCUT2D eigenvalue weighted by atomic mass is 16.8. The molecule has 3 fully saturated rings. The minimum atomic E-state index is -1.12. The minimum Gasteiger partial charge on any atom is -0.385 e. The summed E-state index contributed by atoms with van der Waals surface area (Å²) >= 11 is 0. The van der Waals surface area contributed by atoms with Crippen LogP contribution in [0.1, 0.15) is 107 Å². The highest BCUT2D eigenvalue weighted by Crippen LogP contribution is 2.60. The molecule has 5 atom stereocenters. The Bertz CT molecular complexity index is 1330. The fraction of sp³-hybridized carbons (Fsp3) is 0.625. The van der Waals surface area contributed by atoms with Crippen molar-refractivity contribution >= 4 is 11.4 Å². The van der Waals surface area contributed by atoms with Crippen molar-refractivity contribution in [3.63, 3.8) is 0 Å². The van der Waals surface area contributed by atoms with E-state index in [4.69, 9.17) is 14.2 Å². The lowest BCUT2D eigenvalue weighted by atomic mass is 9.73. The average Bonchev–Trinajstić information content (AvgIpc) is 3.45. The largest absolute Gasteiger partial charge is 0.385 e. The van der Waals surface area contributed by atoms with E-state index in [0.29, 0.717) is 18.7 Å². The maximum atomic E-state index is 13.2. The van der Waals surface area contributed by atoms with Gasteiger partial charge in [0.05, 0.1) is 16.8 Å². The Hall–Kier alpha value is -2.32. The maximum absolute atomic E-state index is 13.2. The predicted molar refractivity (Wildman–Crippen MR) is 148 cm³/mol. The van der Waals surface area contributed by atoms with E-state index in [2.05, 4.69) is 36.0 Å². The number of fused-ring (bicyclic) bond motifs is 5. The summed E-state index contributed by atoms with van der Waals surface area (Å²) in [5.74, 6) is -0.329. The molecule has 2 aromatic rings. The molecule has 0 amide bonds. The summed E-state index contributed by atoms with van der Waals surface area (Å²) in [4.78, 5) is 20.5. The summed E-state index contributed by atoms with van der Waals surface area (Å²) in [6.45, 7) is 14.4. The zero-order valence-corrected chi connectivity index (χ0v) is 24.3. The molecule has 0 spiro atoms. The van der Waals surface area contributed by atoms with Crippen LogP contribution in [0, 0.1) is 12.3 Å². The smallest absolute Gasteiger partial charge is 0.202 e. The molecule has 3 aliphatic heterocycles. The molecule has 4 heterocycles. The number of hydrogen-bond acceptors (Lipinski definition) is 6.